The molecule has 0 bridgehead atoms. The fourth-order valence-electron chi connectivity index (χ4n) is 3.29. The van der Waals surface area contributed by atoms with Crippen LogP contribution in [0.2, 0.25) is 0 Å². The maximum atomic E-state index is 11.9. The Bertz CT molecular complexity index is 509. The average Bonchev–Trinajstić information content (AvgIpc) is 2.73. The van der Waals surface area contributed by atoms with E-state index in [9.17, 15) is 18.3 Å². The summed E-state index contributed by atoms with van der Waals surface area (Å²) in [6.07, 6.45) is 0.644. The summed E-state index contributed by atoms with van der Waals surface area (Å²) in [4.78, 5) is 11.9. The summed E-state index contributed by atoms with van der Waals surface area (Å²) in [5.41, 5.74) is -1.23. The van der Waals surface area contributed by atoms with Crippen LogP contribution in [0, 0.1) is 17.3 Å². The third kappa shape index (κ3) is 6.30. The van der Waals surface area contributed by atoms with Gasteiger partial charge in [-0.15, -0.1) is 0 Å². The molecule has 0 saturated carbocycles. The number of hydrogen-bond donors (Lipinski definition) is 2. The van der Waals surface area contributed by atoms with Crippen LogP contribution in [-0.2, 0) is 14.6 Å². The molecule has 2 N–H and O–H groups in total. The van der Waals surface area contributed by atoms with Crippen molar-refractivity contribution in [1.29, 1.82) is 0 Å². The van der Waals surface area contributed by atoms with E-state index in [1.807, 2.05) is 13.8 Å². The van der Waals surface area contributed by atoms with Crippen LogP contribution in [0.25, 0.3) is 0 Å². The number of hydrogen-bond acceptors (Lipinski definition) is 5. The van der Waals surface area contributed by atoms with Crippen LogP contribution in [0.15, 0.2) is 0 Å². The predicted molar refractivity (Wildman–Crippen MR) is 90.0 cm³/mol. The Morgan fingerprint density at radius 2 is 1.96 bits per heavy atom. The maximum absolute atomic E-state index is 11.9. The molecule has 1 amide bonds. The number of carbonyl (C=O) groups excluding carboxylic acids is 1. The first kappa shape index (κ1) is 20.2. The quantitative estimate of drug-likeness (QED) is 0.765. The Morgan fingerprint density at radius 1 is 1.35 bits per heavy atom. The summed E-state index contributed by atoms with van der Waals surface area (Å²) < 4.78 is 28.9. The standard InChI is InChI=1S/C16H31NO5S/c1-12(2)8-16(11-18,13-6-7-23(20,21)9-13)10-17-14(19)22-15(3,4)5/h12-13,18H,6-11H2,1-5H3,(H,17,19). The van der Waals surface area contributed by atoms with E-state index in [4.69, 9.17) is 4.74 Å². The highest BCUT2D eigenvalue weighted by Crippen LogP contribution is 2.40. The van der Waals surface area contributed by atoms with Crippen molar-refractivity contribution in [2.24, 2.45) is 17.3 Å². The molecule has 0 radical (unpaired) electrons. The number of sulfone groups is 1. The van der Waals surface area contributed by atoms with Crippen LogP contribution < -0.4 is 5.32 Å². The third-order valence-corrected chi connectivity index (χ3v) is 5.98. The molecule has 0 aromatic heterocycles. The zero-order valence-corrected chi connectivity index (χ0v) is 15.7. The molecule has 1 aliphatic heterocycles. The Hall–Kier alpha value is -0.820. The smallest absolute Gasteiger partial charge is 0.407 e. The molecule has 1 fully saturated rings. The van der Waals surface area contributed by atoms with Gasteiger partial charge in [0.1, 0.15) is 5.60 Å². The van der Waals surface area contributed by atoms with E-state index in [0.717, 1.165) is 0 Å². The van der Waals surface area contributed by atoms with Crippen LogP contribution in [0.5, 0.6) is 0 Å². The lowest BCUT2D eigenvalue weighted by Crippen LogP contribution is -2.47. The second kappa shape index (κ2) is 7.38. The minimum absolute atomic E-state index is 0.0796. The molecule has 136 valence electrons. The summed E-state index contributed by atoms with van der Waals surface area (Å²) in [6.45, 7) is 9.47. The number of carbonyl (C=O) groups is 1. The van der Waals surface area contributed by atoms with Gasteiger partial charge in [-0.05, 0) is 45.4 Å². The summed E-state index contributed by atoms with van der Waals surface area (Å²) in [5, 5.41) is 12.7. The number of aliphatic hydroxyl groups is 1. The van der Waals surface area contributed by atoms with Gasteiger partial charge in [0.25, 0.3) is 0 Å². The SMILES string of the molecule is CC(C)CC(CO)(CNC(=O)OC(C)(C)C)C1CCS(=O)(=O)C1. The van der Waals surface area contributed by atoms with Crippen LogP contribution in [0.3, 0.4) is 0 Å². The van der Waals surface area contributed by atoms with E-state index in [2.05, 4.69) is 5.32 Å². The second-order valence-electron chi connectivity index (χ2n) is 8.07. The van der Waals surface area contributed by atoms with Gasteiger partial charge in [-0.25, -0.2) is 13.2 Å². The molecule has 1 saturated heterocycles. The summed E-state index contributed by atoms with van der Waals surface area (Å²) in [5.74, 6) is 0.376. The van der Waals surface area contributed by atoms with Crippen molar-refractivity contribution in [3.63, 3.8) is 0 Å². The molecule has 7 heteroatoms. The van der Waals surface area contributed by atoms with Crippen molar-refractivity contribution >= 4 is 15.9 Å². The number of alkyl carbamates (subject to hydrolysis) is 1. The number of aliphatic hydroxyl groups excluding tert-OH is 1. The first-order chi connectivity index (χ1) is 10.4. The summed E-state index contributed by atoms with van der Waals surface area (Å²) >= 11 is 0. The predicted octanol–water partition coefficient (Wildman–Crippen LogP) is 1.97. The summed E-state index contributed by atoms with van der Waals surface area (Å²) in [6, 6.07) is 0. The highest BCUT2D eigenvalue weighted by atomic mass is 32.2. The fourth-order valence-corrected chi connectivity index (χ4v) is 5.23. The van der Waals surface area contributed by atoms with Gasteiger partial charge in [0.15, 0.2) is 9.84 Å². The normalized spacial score (nSPS) is 23.5. The Morgan fingerprint density at radius 3 is 2.35 bits per heavy atom. The molecule has 1 aliphatic rings. The lowest BCUT2D eigenvalue weighted by molar-refractivity contribution is 0.0299. The van der Waals surface area contributed by atoms with Crippen LogP contribution in [-0.4, -0.2) is 49.9 Å². The monoisotopic (exact) mass is 349 g/mol. The zero-order chi connectivity index (χ0) is 17.9. The highest BCUT2D eigenvalue weighted by Gasteiger charge is 2.45. The highest BCUT2D eigenvalue weighted by molar-refractivity contribution is 7.91. The van der Waals surface area contributed by atoms with Crippen molar-refractivity contribution in [3.05, 3.63) is 0 Å². The van der Waals surface area contributed by atoms with Crippen molar-refractivity contribution in [1.82, 2.24) is 5.32 Å². The molecule has 0 spiro atoms. The van der Waals surface area contributed by atoms with Gasteiger partial charge in [0.2, 0.25) is 0 Å². The molecule has 0 aromatic carbocycles. The molecule has 2 atom stereocenters. The van der Waals surface area contributed by atoms with Crippen LogP contribution in [0.1, 0.15) is 47.5 Å². The average molecular weight is 349 g/mol. The van der Waals surface area contributed by atoms with Crippen molar-refractivity contribution in [2.75, 3.05) is 24.7 Å². The van der Waals surface area contributed by atoms with E-state index in [1.54, 1.807) is 20.8 Å². The number of nitrogens with one attached hydrogen (secondary N) is 1. The van der Waals surface area contributed by atoms with Gasteiger partial charge in [-0.1, -0.05) is 13.8 Å². The Kier molecular flexibility index (Phi) is 6.49. The van der Waals surface area contributed by atoms with Crippen molar-refractivity contribution in [2.45, 2.75) is 53.1 Å². The Balaban J connectivity index is 2.86. The molecule has 1 rings (SSSR count). The van der Waals surface area contributed by atoms with E-state index in [-0.39, 0.29) is 36.5 Å². The molecular formula is C16H31NO5S. The minimum atomic E-state index is -3.05. The first-order valence-electron chi connectivity index (χ1n) is 8.17. The molecule has 1 heterocycles. The first-order valence-corrected chi connectivity index (χ1v) is 9.99. The van der Waals surface area contributed by atoms with Gasteiger partial charge in [-0.2, -0.15) is 0 Å². The molecule has 2 unspecified atom stereocenters. The van der Waals surface area contributed by atoms with Gasteiger partial charge >= 0.3 is 6.09 Å². The van der Waals surface area contributed by atoms with E-state index in [1.165, 1.54) is 0 Å². The number of ether oxygens (including phenoxy) is 1. The molecule has 0 aromatic rings. The molecule has 6 nitrogen and oxygen atoms in total. The Labute approximate surface area is 139 Å². The van der Waals surface area contributed by atoms with Crippen LogP contribution >= 0.6 is 0 Å². The van der Waals surface area contributed by atoms with E-state index < -0.39 is 26.9 Å². The van der Waals surface area contributed by atoms with E-state index in [0.29, 0.717) is 12.8 Å². The zero-order valence-electron chi connectivity index (χ0n) is 14.9. The summed E-state index contributed by atoms with van der Waals surface area (Å²) in [7, 11) is -3.05. The maximum Gasteiger partial charge on any atom is 0.407 e. The third-order valence-electron chi connectivity index (χ3n) is 4.21. The van der Waals surface area contributed by atoms with Crippen LogP contribution in [0.4, 0.5) is 4.79 Å². The number of amides is 1. The second-order valence-corrected chi connectivity index (χ2v) is 10.3. The molecular weight excluding hydrogens is 318 g/mol. The lowest BCUT2D eigenvalue weighted by Gasteiger charge is -2.39. The largest absolute Gasteiger partial charge is 0.444 e. The van der Waals surface area contributed by atoms with Gasteiger partial charge in [-0.3, -0.25) is 0 Å². The van der Waals surface area contributed by atoms with Crippen molar-refractivity contribution < 1.29 is 23.1 Å². The van der Waals surface area contributed by atoms with Crippen molar-refractivity contribution in [3.8, 4) is 0 Å². The topological polar surface area (TPSA) is 92.7 Å². The molecule has 0 aliphatic carbocycles. The minimum Gasteiger partial charge on any atom is -0.444 e. The lowest BCUT2D eigenvalue weighted by atomic mass is 9.70. The van der Waals surface area contributed by atoms with Gasteiger partial charge in [0.05, 0.1) is 18.1 Å². The number of rotatable bonds is 6. The van der Waals surface area contributed by atoms with E-state index >= 15 is 0 Å². The van der Waals surface area contributed by atoms with Gasteiger partial charge in [0, 0.05) is 12.0 Å². The molecule has 23 heavy (non-hydrogen) atoms. The fraction of sp³-hybridized carbons (Fsp3) is 0.938. The van der Waals surface area contributed by atoms with Gasteiger partial charge < -0.3 is 15.2 Å².